The second-order valence-corrected chi connectivity index (χ2v) is 51.5. The Morgan fingerprint density at radius 1 is 0.263 bits per heavy atom. The molecule has 1 atom stereocenters. The third kappa shape index (κ3) is 59.6. The Morgan fingerprint density at radius 2 is 0.526 bits per heavy atom. The Labute approximate surface area is 378 Å². The molecule has 0 aromatic heterocycles. The first-order valence-corrected chi connectivity index (χ1v) is 43.4. The SMILES string of the molecule is C.C.C.C.C.C.C.C.C.C.CCCCCCCCCCCC[Si](C)(O[Si](C)(C)O[Si](C)(C)C)O[Si](C)(C)O[Si](C)(C)O[Si](C)(C)C.CCC[Si](C)(C)O[Si](C)(C)C. The second kappa shape index (κ2) is 39.1. The van der Waals surface area contributed by atoms with E-state index in [1.54, 1.807) is 0 Å². The van der Waals surface area contributed by atoms with Crippen molar-refractivity contribution in [1.29, 1.82) is 0 Å². The molecule has 0 aliphatic rings. The molecule has 0 saturated carbocycles. The van der Waals surface area contributed by atoms with Gasteiger partial charge in [-0.1, -0.05) is 159 Å². The van der Waals surface area contributed by atoms with Gasteiger partial charge >= 0.3 is 34.2 Å². The minimum atomic E-state index is -2.50. The van der Waals surface area contributed by atoms with Gasteiger partial charge in [-0.3, -0.25) is 0 Å². The van der Waals surface area contributed by atoms with Crippen molar-refractivity contribution in [3.63, 3.8) is 0 Å². The molecule has 0 saturated heterocycles. The van der Waals surface area contributed by atoms with Crippen LogP contribution in [-0.2, 0) is 24.7 Å². The van der Waals surface area contributed by atoms with Crippen molar-refractivity contribution in [3.8, 4) is 0 Å². The highest BCUT2D eigenvalue weighted by Gasteiger charge is 2.48. The first kappa shape index (κ1) is 89.4. The van der Waals surface area contributed by atoms with Gasteiger partial charge in [0.25, 0.3) is 0 Å². The predicted molar refractivity (Wildman–Crippen MR) is 297 cm³/mol. The van der Waals surface area contributed by atoms with E-state index in [1.807, 2.05) is 0 Å². The molecule has 366 valence electrons. The van der Waals surface area contributed by atoms with Crippen molar-refractivity contribution in [2.24, 2.45) is 0 Å². The summed E-state index contributed by atoms with van der Waals surface area (Å²) >= 11 is 0. The summed E-state index contributed by atoms with van der Waals surface area (Å²) in [6.07, 6.45) is 14.6. The van der Waals surface area contributed by atoms with Crippen LogP contribution >= 0.6 is 0 Å². The number of rotatable bonds is 25. The molecule has 0 N–H and O–H groups in total. The van der Waals surface area contributed by atoms with E-state index >= 15 is 0 Å². The highest BCUT2D eigenvalue weighted by Crippen LogP contribution is 2.31. The van der Waals surface area contributed by atoms with Crippen LogP contribution in [0.1, 0.15) is 159 Å². The summed E-state index contributed by atoms with van der Waals surface area (Å²) < 4.78 is 39.8. The Morgan fingerprint density at radius 3 is 0.807 bits per heavy atom. The molecule has 0 amide bonds. The summed E-state index contributed by atoms with van der Waals surface area (Å²) in [6.45, 7) is 44.8. The Kier molecular flexibility index (Phi) is 61.4. The first-order chi connectivity index (χ1) is 20.9. The van der Waals surface area contributed by atoms with Gasteiger partial charge < -0.3 is 24.7 Å². The van der Waals surface area contributed by atoms with E-state index in [0.717, 1.165) is 12.5 Å². The quantitative estimate of drug-likeness (QED) is 0.0671. The van der Waals surface area contributed by atoms with Crippen LogP contribution in [0, 0.1) is 0 Å². The van der Waals surface area contributed by atoms with E-state index in [4.69, 9.17) is 24.7 Å². The Balaban J connectivity index is -0.0000000848. The van der Waals surface area contributed by atoms with Crippen molar-refractivity contribution < 1.29 is 24.7 Å². The number of hydrogen-bond acceptors (Lipinski definition) is 6. The average Bonchev–Trinajstić information content (AvgIpc) is 2.73. The molecule has 0 spiro atoms. The highest BCUT2D eigenvalue weighted by molar-refractivity contribution is 6.91. The molecule has 6 nitrogen and oxygen atoms in total. The molecule has 0 fully saturated rings. The van der Waals surface area contributed by atoms with Crippen molar-refractivity contribution >= 4 is 67.5 Å². The third-order valence-corrected chi connectivity index (χ3v) is 34.7. The minimum absolute atomic E-state index is 0. The summed E-state index contributed by atoms with van der Waals surface area (Å²) in [6, 6.07) is 2.31. The maximum Gasteiger partial charge on any atom is 0.317 e. The molecule has 0 aliphatic heterocycles. The fourth-order valence-corrected chi connectivity index (χ4v) is 43.7. The molecule has 57 heavy (non-hydrogen) atoms. The molecule has 0 heterocycles. The van der Waals surface area contributed by atoms with E-state index in [0.29, 0.717) is 0 Å². The van der Waals surface area contributed by atoms with Crippen LogP contribution in [0.15, 0.2) is 0 Å². The van der Waals surface area contributed by atoms with Gasteiger partial charge in [0, 0.05) is 0 Å². The van der Waals surface area contributed by atoms with E-state index in [2.05, 4.69) is 132 Å². The Bertz CT molecular complexity index is 828. The topological polar surface area (TPSA) is 55.4 Å². The van der Waals surface area contributed by atoms with E-state index in [9.17, 15) is 0 Å². The Hall–Kier alpha value is 1.50. The monoisotopic (exact) mass is 963 g/mol. The van der Waals surface area contributed by atoms with Gasteiger partial charge in [0.1, 0.15) is 0 Å². The van der Waals surface area contributed by atoms with Gasteiger partial charge in [-0.15, -0.1) is 0 Å². The van der Waals surface area contributed by atoms with E-state index in [1.165, 1.54) is 70.3 Å². The maximum atomic E-state index is 6.98. The van der Waals surface area contributed by atoms with Crippen LogP contribution in [0.2, 0.25) is 130 Å². The standard InChI is InChI=1S/C25H64O5Si6.C8H22OSi2.10CH4/c1-15-16-17-18-19-20-21-22-23-24-25-36(14,29-34(10,11)27-32(5,6)7)30-35(12,13)28-33(8,9)26-31(2,3)4;1-7-8-11(5,6)9-10(2,3)4;;;;;;;;;;/h15-25H2,1-14H3;7-8H2,1-6H3;10*1H4. The van der Waals surface area contributed by atoms with Crippen molar-refractivity contribution in [1.82, 2.24) is 0 Å². The van der Waals surface area contributed by atoms with Crippen LogP contribution in [0.25, 0.3) is 0 Å². The molecule has 0 bridgehead atoms. The molecule has 1 unspecified atom stereocenters. The van der Waals surface area contributed by atoms with Crippen molar-refractivity contribution in [2.75, 3.05) is 0 Å². The van der Waals surface area contributed by atoms with Crippen LogP contribution in [0.5, 0.6) is 0 Å². The highest BCUT2D eigenvalue weighted by atomic mass is 28.5. The molecule has 0 aliphatic carbocycles. The van der Waals surface area contributed by atoms with Gasteiger partial charge in [-0.25, -0.2) is 0 Å². The summed E-state index contributed by atoms with van der Waals surface area (Å²) in [5, 5.41) is 0. The fourth-order valence-electron chi connectivity index (χ4n) is 6.71. The van der Waals surface area contributed by atoms with Crippen LogP contribution < -0.4 is 0 Å². The lowest BCUT2D eigenvalue weighted by Gasteiger charge is -2.44. The zero-order valence-electron chi connectivity index (χ0n) is 35.6. The summed E-state index contributed by atoms with van der Waals surface area (Å²) in [5.74, 6) is 0. The lowest BCUT2D eigenvalue weighted by atomic mass is 10.1. The lowest BCUT2D eigenvalue weighted by Crippen LogP contribution is -2.60. The summed E-state index contributed by atoms with van der Waals surface area (Å²) in [5.41, 5.74) is 0. The molecule has 0 aromatic rings. The molecular formula is C43H126O6Si8. The third-order valence-electron chi connectivity index (χ3n) is 6.94. The van der Waals surface area contributed by atoms with Crippen molar-refractivity contribution in [3.05, 3.63) is 0 Å². The smallest absolute Gasteiger partial charge is 0.317 e. The van der Waals surface area contributed by atoms with Gasteiger partial charge in [0.2, 0.25) is 0 Å². The fraction of sp³-hybridized carbons (Fsp3) is 1.00. The van der Waals surface area contributed by atoms with Gasteiger partial charge in [0.05, 0.1) is 0 Å². The zero-order chi connectivity index (χ0) is 37.4. The first-order valence-electron chi connectivity index (χ1n) is 19.1. The normalized spacial score (nSPS) is 12.6. The zero-order valence-corrected chi connectivity index (χ0v) is 43.6. The molecular weight excluding hydrogens is 837 g/mol. The van der Waals surface area contributed by atoms with Crippen molar-refractivity contribution in [2.45, 2.75) is 289 Å². The molecule has 14 heteroatoms. The van der Waals surface area contributed by atoms with Gasteiger partial charge in [-0.05, 0) is 130 Å². The van der Waals surface area contributed by atoms with Crippen LogP contribution in [0.4, 0.5) is 0 Å². The predicted octanol–water partition coefficient (Wildman–Crippen LogP) is 19.7. The van der Waals surface area contributed by atoms with E-state index < -0.39 is 67.5 Å². The largest absolute Gasteiger partial charge is 0.456 e. The minimum Gasteiger partial charge on any atom is -0.456 e. The number of unbranched alkanes of at least 4 members (excludes halogenated alkanes) is 9. The van der Waals surface area contributed by atoms with Crippen LogP contribution in [-0.4, -0.2) is 67.5 Å². The molecule has 0 aromatic carbocycles. The van der Waals surface area contributed by atoms with Crippen LogP contribution in [0.3, 0.4) is 0 Å². The molecule has 0 radical (unpaired) electrons. The lowest BCUT2D eigenvalue weighted by molar-refractivity contribution is 0.276. The summed E-state index contributed by atoms with van der Waals surface area (Å²) in [7, 11) is -15.5. The molecule has 0 rings (SSSR count). The number of hydrogen-bond donors (Lipinski definition) is 0. The summed E-state index contributed by atoms with van der Waals surface area (Å²) in [4.78, 5) is 0. The van der Waals surface area contributed by atoms with Gasteiger partial charge in [0.15, 0.2) is 33.3 Å². The van der Waals surface area contributed by atoms with E-state index in [-0.39, 0.29) is 74.3 Å². The maximum absolute atomic E-state index is 6.98. The second-order valence-electron chi connectivity index (χ2n) is 18.7. The average molecular weight is 964 g/mol. The van der Waals surface area contributed by atoms with Gasteiger partial charge in [-0.2, -0.15) is 0 Å².